The van der Waals surface area contributed by atoms with Crippen molar-refractivity contribution < 1.29 is 19.1 Å². The number of nitrogens with one attached hydrogen (secondary N) is 2. The van der Waals surface area contributed by atoms with Gasteiger partial charge in [-0.2, -0.15) is 0 Å². The van der Waals surface area contributed by atoms with Crippen LogP contribution in [0.15, 0.2) is 36.4 Å². The van der Waals surface area contributed by atoms with Crippen LogP contribution in [-0.2, 0) is 19.1 Å². The summed E-state index contributed by atoms with van der Waals surface area (Å²) in [6.07, 6.45) is 10.3. The van der Waals surface area contributed by atoms with Crippen LogP contribution >= 0.6 is 11.6 Å². The maximum atomic E-state index is 13.7. The van der Waals surface area contributed by atoms with Gasteiger partial charge in [0.1, 0.15) is 11.6 Å². The second-order valence-electron chi connectivity index (χ2n) is 10.0. The molecule has 2 bridgehead atoms. The molecule has 5 atom stereocenters. The molecule has 174 valence electrons. The van der Waals surface area contributed by atoms with E-state index in [1.54, 1.807) is 29.2 Å². The van der Waals surface area contributed by atoms with Crippen molar-refractivity contribution in [1.29, 1.82) is 0 Å². The standard InChI is InChI=1S/C25H28ClN3O4/c26-14-6-8-16(9-7-14)27-22(30)19-18-12-13-25(33-18)20(19)24(32)29(17-10-11-17)21(25)23(31)28-15-4-2-1-3-5-15/h6-9,12-13,15,17-21H,1-5,10-11H2,(H,27,30)(H,28,31)/t18-,19+,20-,21+,25-/m1/s1. The lowest BCUT2D eigenvalue weighted by molar-refractivity contribution is -0.142. The molecule has 3 amide bonds. The largest absolute Gasteiger partial charge is 0.359 e. The van der Waals surface area contributed by atoms with Crippen LogP contribution < -0.4 is 10.6 Å². The summed E-state index contributed by atoms with van der Waals surface area (Å²) in [6.45, 7) is 0. The van der Waals surface area contributed by atoms with E-state index < -0.39 is 29.6 Å². The lowest BCUT2D eigenvalue weighted by Crippen LogP contribution is -2.57. The molecule has 8 heteroatoms. The highest BCUT2D eigenvalue weighted by atomic mass is 35.5. The summed E-state index contributed by atoms with van der Waals surface area (Å²) >= 11 is 5.96. The number of hydrogen-bond acceptors (Lipinski definition) is 4. The topological polar surface area (TPSA) is 87.7 Å². The first kappa shape index (κ1) is 21.2. The summed E-state index contributed by atoms with van der Waals surface area (Å²) in [4.78, 5) is 42.4. The van der Waals surface area contributed by atoms with E-state index in [0.29, 0.717) is 10.7 Å². The Morgan fingerprint density at radius 2 is 1.76 bits per heavy atom. The molecule has 1 spiro atoms. The average molecular weight is 470 g/mol. The van der Waals surface area contributed by atoms with Crippen molar-refractivity contribution >= 4 is 35.0 Å². The molecule has 6 rings (SSSR count). The summed E-state index contributed by atoms with van der Waals surface area (Å²) in [5.41, 5.74) is -0.466. The molecule has 2 saturated carbocycles. The first-order chi connectivity index (χ1) is 16.0. The number of halogens is 1. The zero-order chi connectivity index (χ0) is 22.7. The van der Waals surface area contributed by atoms with E-state index in [4.69, 9.17) is 16.3 Å². The fourth-order valence-corrected chi connectivity index (χ4v) is 6.36. The quantitative estimate of drug-likeness (QED) is 0.649. The normalized spacial score (nSPS) is 35.1. The molecule has 3 heterocycles. The van der Waals surface area contributed by atoms with Gasteiger partial charge in [0, 0.05) is 22.8 Å². The van der Waals surface area contributed by atoms with Crippen LogP contribution in [0.4, 0.5) is 5.69 Å². The third-order valence-electron chi connectivity index (χ3n) is 7.87. The van der Waals surface area contributed by atoms with Gasteiger partial charge in [0.05, 0.1) is 17.9 Å². The van der Waals surface area contributed by atoms with Gasteiger partial charge < -0.3 is 20.3 Å². The highest BCUT2D eigenvalue weighted by molar-refractivity contribution is 6.30. The van der Waals surface area contributed by atoms with Crippen LogP contribution in [-0.4, -0.2) is 52.5 Å². The minimum Gasteiger partial charge on any atom is -0.359 e. The van der Waals surface area contributed by atoms with Crippen molar-refractivity contribution in [3.05, 3.63) is 41.4 Å². The van der Waals surface area contributed by atoms with Gasteiger partial charge in [-0.05, 0) is 49.9 Å². The molecule has 0 radical (unpaired) electrons. The molecule has 3 aliphatic heterocycles. The van der Waals surface area contributed by atoms with Crippen LogP contribution in [0.2, 0.25) is 5.02 Å². The SMILES string of the molecule is O=C(Nc1ccc(Cl)cc1)[C@H]1[C@H]2C=C[C@]3(O2)[C@H](C(=O)NC2CCCCC2)N(C2CC2)C(=O)[C@@H]13. The molecular formula is C25H28ClN3O4. The highest BCUT2D eigenvalue weighted by Gasteiger charge is 2.74. The smallest absolute Gasteiger partial charge is 0.246 e. The number of carbonyl (C=O) groups is 3. The summed E-state index contributed by atoms with van der Waals surface area (Å²) in [7, 11) is 0. The Morgan fingerprint density at radius 3 is 2.45 bits per heavy atom. The summed E-state index contributed by atoms with van der Waals surface area (Å²) in [5.74, 6) is -1.91. The molecule has 5 aliphatic rings. The van der Waals surface area contributed by atoms with E-state index >= 15 is 0 Å². The van der Waals surface area contributed by atoms with E-state index in [-0.39, 0.29) is 29.8 Å². The van der Waals surface area contributed by atoms with Crippen LogP contribution in [0.3, 0.4) is 0 Å². The van der Waals surface area contributed by atoms with Crippen molar-refractivity contribution in [1.82, 2.24) is 10.2 Å². The predicted molar refractivity (Wildman–Crippen MR) is 122 cm³/mol. The Hall–Kier alpha value is -2.38. The van der Waals surface area contributed by atoms with Gasteiger partial charge in [-0.3, -0.25) is 14.4 Å². The third-order valence-corrected chi connectivity index (χ3v) is 8.12. The zero-order valence-electron chi connectivity index (χ0n) is 18.3. The van der Waals surface area contributed by atoms with Gasteiger partial charge in [-0.1, -0.05) is 43.0 Å². The van der Waals surface area contributed by atoms with Crippen LogP contribution in [0.1, 0.15) is 44.9 Å². The lowest BCUT2D eigenvalue weighted by atomic mass is 9.74. The molecule has 0 aromatic heterocycles. The van der Waals surface area contributed by atoms with E-state index in [1.807, 2.05) is 12.2 Å². The van der Waals surface area contributed by atoms with E-state index in [9.17, 15) is 14.4 Å². The van der Waals surface area contributed by atoms with Crippen LogP contribution in [0.25, 0.3) is 0 Å². The van der Waals surface area contributed by atoms with Crippen molar-refractivity contribution in [2.24, 2.45) is 11.8 Å². The second kappa shape index (κ2) is 7.84. The monoisotopic (exact) mass is 469 g/mol. The number of ether oxygens (including phenoxy) is 1. The molecule has 33 heavy (non-hydrogen) atoms. The average Bonchev–Trinajstić information content (AvgIpc) is 3.40. The summed E-state index contributed by atoms with van der Waals surface area (Å²) < 4.78 is 6.36. The lowest BCUT2D eigenvalue weighted by Gasteiger charge is -2.34. The maximum Gasteiger partial charge on any atom is 0.246 e. The number of likely N-dealkylation sites (tertiary alicyclic amines) is 1. The number of fused-ring (bicyclic) bond motifs is 1. The Balaban J connectivity index is 1.29. The summed E-state index contributed by atoms with van der Waals surface area (Å²) in [5, 5.41) is 6.71. The fraction of sp³-hybridized carbons (Fsp3) is 0.560. The minimum atomic E-state index is -1.08. The van der Waals surface area contributed by atoms with Gasteiger partial charge in [0.15, 0.2) is 0 Å². The first-order valence-electron chi connectivity index (χ1n) is 12.0. The van der Waals surface area contributed by atoms with Gasteiger partial charge in [0.25, 0.3) is 0 Å². The van der Waals surface area contributed by atoms with Crippen LogP contribution in [0, 0.1) is 11.8 Å². The number of amides is 3. The van der Waals surface area contributed by atoms with Gasteiger partial charge in [-0.15, -0.1) is 0 Å². The highest BCUT2D eigenvalue weighted by Crippen LogP contribution is 2.57. The van der Waals surface area contributed by atoms with Crippen molar-refractivity contribution in [3.8, 4) is 0 Å². The number of rotatable bonds is 5. The first-order valence-corrected chi connectivity index (χ1v) is 12.4. The van der Waals surface area contributed by atoms with E-state index in [1.165, 1.54) is 6.42 Å². The van der Waals surface area contributed by atoms with E-state index in [0.717, 1.165) is 38.5 Å². The van der Waals surface area contributed by atoms with Gasteiger partial charge in [-0.25, -0.2) is 0 Å². The molecule has 1 aromatic carbocycles. The minimum absolute atomic E-state index is 0.0515. The Kier molecular flexibility index (Phi) is 5.03. The fourth-order valence-electron chi connectivity index (χ4n) is 6.24. The predicted octanol–water partition coefficient (Wildman–Crippen LogP) is 3.04. The molecule has 7 nitrogen and oxygen atoms in total. The van der Waals surface area contributed by atoms with Crippen molar-refractivity contribution in [2.75, 3.05) is 5.32 Å². The van der Waals surface area contributed by atoms with Crippen LogP contribution in [0.5, 0.6) is 0 Å². The third kappa shape index (κ3) is 3.39. The Bertz CT molecular complexity index is 1020. The zero-order valence-corrected chi connectivity index (χ0v) is 19.1. The number of anilines is 1. The molecule has 1 aromatic rings. The number of hydrogen-bond donors (Lipinski definition) is 2. The van der Waals surface area contributed by atoms with Gasteiger partial charge in [0.2, 0.25) is 17.7 Å². The second-order valence-corrected chi connectivity index (χ2v) is 10.5. The number of carbonyl (C=O) groups excluding carboxylic acids is 3. The molecule has 2 saturated heterocycles. The summed E-state index contributed by atoms with van der Waals surface area (Å²) in [6, 6.07) is 6.34. The molecular weight excluding hydrogens is 442 g/mol. The molecule has 0 unspecified atom stereocenters. The number of benzene rings is 1. The Morgan fingerprint density at radius 1 is 1.03 bits per heavy atom. The maximum absolute atomic E-state index is 13.7. The van der Waals surface area contributed by atoms with Crippen molar-refractivity contribution in [2.45, 2.75) is 74.8 Å². The number of nitrogens with zero attached hydrogens (tertiary/aromatic N) is 1. The Labute approximate surface area is 197 Å². The molecule has 2 N–H and O–H groups in total. The molecule has 2 aliphatic carbocycles. The van der Waals surface area contributed by atoms with Crippen molar-refractivity contribution in [3.63, 3.8) is 0 Å². The molecule has 4 fully saturated rings. The van der Waals surface area contributed by atoms with Gasteiger partial charge >= 0.3 is 0 Å². The van der Waals surface area contributed by atoms with E-state index in [2.05, 4.69) is 10.6 Å².